The second kappa shape index (κ2) is 8.41. The highest BCUT2D eigenvalue weighted by molar-refractivity contribution is 5.14. The van der Waals surface area contributed by atoms with E-state index in [9.17, 15) is 0 Å². The lowest BCUT2D eigenvalue weighted by Gasteiger charge is -2.44. The molecule has 3 unspecified atom stereocenters. The van der Waals surface area contributed by atoms with Crippen molar-refractivity contribution in [3.8, 4) is 0 Å². The number of piperazine rings is 1. The molecule has 0 bridgehead atoms. The highest BCUT2D eigenvalue weighted by Crippen LogP contribution is 2.22. The number of hydrogen-bond acceptors (Lipinski definition) is 5. The molecule has 2 aliphatic heterocycles. The predicted molar refractivity (Wildman–Crippen MR) is 99.5 cm³/mol. The Labute approximate surface area is 146 Å². The van der Waals surface area contributed by atoms with Crippen LogP contribution in [0.15, 0.2) is 30.3 Å². The summed E-state index contributed by atoms with van der Waals surface area (Å²) in [5, 5.41) is 0. The lowest BCUT2D eigenvalue weighted by atomic mass is 9.90. The number of hydrogen-bond donors (Lipinski definition) is 2. The summed E-state index contributed by atoms with van der Waals surface area (Å²) in [4.78, 5) is 7.52. The van der Waals surface area contributed by atoms with E-state index in [2.05, 4.69) is 52.0 Å². The average Bonchev–Trinajstić information content (AvgIpc) is 2.60. The number of likely N-dealkylation sites (N-methyl/N-ethyl adjacent to an activating group) is 1. The van der Waals surface area contributed by atoms with Gasteiger partial charge >= 0.3 is 0 Å². The molecular weight excluding hydrogens is 298 g/mol. The van der Waals surface area contributed by atoms with Crippen molar-refractivity contribution < 1.29 is 0 Å². The van der Waals surface area contributed by atoms with Gasteiger partial charge in [0.15, 0.2) is 0 Å². The van der Waals surface area contributed by atoms with Crippen LogP contribution in [-0.4, -0.2) is 72.7 Å². The van der Waals surface area contributed by atoms with E-state index < -0.39 is 0 Å². The third kappa shape index (κ3) is 4.55. The first-order valence-corrected chi connectivity index (χ1v) is 9.39. The minimum Gasteiger partial charge on any atom is -0.327 e. The molecule has 2 saturated heterocycles. The zero-order chi connectivity index (χ0) is 16.9. The summed E-state index contributed by atoms with van der Waals surface area (Å²) < 4.78 is 0. The summed E-state index contributed by atoms with van der Waals surface area (Å²) in [6.07, 6.45) is 0.972. The molecule has 0 saturated carbocycles. The number of likely N-dealkylation sites (tertiary alicyclic amines) is 1. The number of piperidine rings is 1. The van der Waals surface area contributed by atoms with Gasteiger partial charge in [0.1, 0.15) is 0 Å². The lowest BCUT2D eigenvalue weighted by Crippen LogP contribution is -2.59. The predicted octanol–water partition coefficient (Wildman–Crippen LogP) is 0.758. The molecule has 0 radical (unpaired) electrons. The van der Waals surface area contributed by atoms with E-state index in [0.717, 1.165) is 32.6 Å². The Morgan fingerprint density at radius 1 is 1.00 bits per heavy atom. The molecule has 2 fully saturated rings. The number of benzene rings is 1. The number of nitrogens with two attached hydrogens (primary N) is 2. The topological polar surface area (TPSA) is 61.8 Å². The molecule has 0 amide bonds. The zero-order valence-corrected chi connectivity index (χ0v) is 15.0. The SMILES string of the molecule is CCN1CCN(CC2CN(Cc3ccccc3)C(N)CC2N)CC1. The molecular formula is C19H33N5. The summed E-state index contributed by atoms with van der Waals surface area (Å²) in [5.74, 6) is 0.515. The fourth-order valence-electron chi connectivity index (χ4n) is 4.00. The van der Waals surface area contributed by atoms with Crippen molar-refractivity contribution in [1.82, 2.24) is 14.7 Å². The molecule has 3 rings (SSSR count). The third-order valence-electron chi connectivity index (χ3n) is 5.69. The van der Waals surface area contributed by atoms with Crippen LogP contribution in [0.25, 0.3) is 0 Å². The Bertz CT molecular complexity index is 486. The molecule has 4 N–H and O–H groups in total. The highest BCUT2D eigenvalue weighted by Gasteiger charge is 2.33. The molecule has 0 spiro atoms. The van der Waals surface area contributed by atoms with E-state index in [4.69, 9.17) is 11.5 Å². The fourth-order valence-corrected chi connectivity index (χ4v) is 4.00. The Balaban J connectivity index is 1.55. The first-order valence-electron chi connectivity index (χ1n) is 9.39. The van der Waals surface area contributed by atoms with Crippen LogP contribution < -0.4 is 11.5 Å². The van der Waals surface area contributed by atoms with E-state index in [0.29, 0.717) is 5.92 Å². The Kier molecular flexibility index (Phi) is 6.25. The molecule has 2 aliphatic rings. The van der Waals surface area contributed by atoms with Crippen LogP contribution in [-0.2, 0) is 6.54 Å². The summed E-state index contributed by atoms with van der Waals surface area (Å²) in [5.41, 5.74) is 14.2. The smallest absolute Gasteiger partial charge is 0.0589 e. The molecule has 5 heteroatoms. The van der Waals surface area contributed by atoms with Crippen LogP contribution >= 0.6 is 0 Å². The van der Waals surface area contributed by atoms with Crippen LogP contribution in [0, 0.1) is 5.92 Å². The lowest BCUT2D eigenvalue weighted by molar-refractivity contribution is 0.0517. The van der Waals surface area contributed by atoms with Crippen LogP contribution in [0.4, 0.5) is 0 Å². The van der Waals surface area contributed by atoms with Crippen molar-refractivity contribution in [3.63, 3.8) is 0 Å². The fraction of sp³-hybridized carbons (Fsp3) is 0.684. The van der Waals surface area contributed by atoms with E-state index in [1.165, 1.54) is 31.7 Å². The second-order valence-electron chi connectivity index (χ2n) is 7.38. The van der Waals surface area contributed by atoms with Gasteiger partial charge in [0.05, 0.1) is 6.17 Å². The van der Waals surface area contributed by atoms with E-state index in [1.54, 1.807) is 0 Å². The molecule has 0 aromatic heterocycles. The first kappa shape index (κ1) is 17.8. The van der Waals surface area contributed by atoms with Gasteiger partial charge in [-0.2, -0.15) is 0 Å². The molecule has 3 atom stereocenters. The van der Waals surface area contributed by atoms with Crippen LogP contribution in [0.1, 0.15) is 18.9 Å². The Hall–Kier alpha value is -0.980. The standard InChI is InChI=1S/C19H33N5/c1-2-22-8-10-23(11-9-22)14-17-15-24(19(21)12-18(17)20)13-16-6-4-3-5-7-16/h3-7,17-19H,2,8-15,20-21H2,1H3. The molecule has 5 nitrogen and oxygen atoms in total. The third-order valence-corrected chi connectivity index (χ3v) is 5.69. The van der Waals surface area contributed by atoms with Crippen molar-refractivity contribution in [2.45, 2.75) is 32.1 Å². The molecule has 1 aromatic rings. The van der Waals surface area contributed by atoms with Crippen LogP contribution in [0.5, 0.6) is 0 Å². The maximum absolute atomic E-state index is 6.45. The number of nitrogens with zero attached hydrogens (tertiary/aromatic N) is 3. The zero-order valence-electron chi connectivity index (χ0n) is 15.0. The monoisotopic (exact) mass is 331 g/mol. The summed E-state index contributed by atoms with van der Waals surface area (Å²) >= 11 is 0. The van der Waals surface area contributed by atoms with E-state index in [-0.39, 0.29) is 12.2 Å². The highest BCUT2D eigenvalue weighted by atomic mass is 15.3. The van der Waals surface area contributed by atoms with Gasteiger partial charge in [-0.1, -0.05) is 37.3 Å². The second-order valence-corrected chi connectivity index (χ2v) is 7.38. The van der Waals surface area contributed by atoms with E-state index >= 15 is 0 Å². The Morgan fingerprint density at radius 2 is 1.67 bits per heavy atom. The Morgan fingerprint density at radius 3 is 2.33 bits per heavy atom. The molecule has 134 valence electrons. The first-order chi connectivity index (χ1) is 11.7. The van der Waals surface area contributed by atoms with Gasteiger partial charge in [-0.15, -0.1) is 0 Å². The molecule has 24 heavy (non-hydrogen) atoms. The average molecular weight is 332 g/mol. The van der Waals surface area contributed by atoms with Crippen molar-refractivity contribution in [2.75, 3.05) is 45.8 Å². The van der Waals surface area contributed by atoms with Gasteiger partial charge in [-0.25, -0.2) is 0 Å². The van der Waals surface area contributed by atoms with Gasteiger partial charge < -0.3 is 21.3 Å². The van der Waals surface area contributed by atoms with Gasteiger partial charge in [-0.05, 0) is 24.4 Å². The van der Waals surface area contributed by atoms with Gasteiger partial charge in [0.2, 0.25) is 0 Å². The number of rotatable bonds is 5. The quantitative estimate of drug-likeness (QED) is 0.834. The summed E-state index contributed by atoms with van der Waals surface area (Å²) in [6.45, 7) is 11.2. The summed E-state index contributed by atoms with van der Waals surface area (Å²) in [7, 11) is 0. The van der Waals surface area contributed by atoms with Gasteiger partial charge in [0, 0.05) is 51.9 Å². The van der Waals surface area contributed by atoms with Crippen molar-refractivity contribution in [3.05, 3.63) is 35.9 Å². The van der Waals surface area contributed by atoms with Gasteiger partial charge in [0.25, 0.3) is 0 Å². The maximum atomic E-state index is 6.45. The maximum Gasteiger partial charge on any atom is 0.0589 e. The van der Waals surface area contributed by atoms with Gasteiger partial charge in [-0.3, -0.25) is 4.90 Å². The van der Waals surface area contributed by atoms with Crippen molar-refractivity contribution >= 4 is 0 Å². The largest absolute Gasteiger partial charge is 0.327 e. The minimum absolute atomic E-state index is 0.0772. The van der Waals surface area contributed by atoms with Crippen molar-refractivity contribution in [1.29, 1.82) is 0 Å². The summed E-state index contributed by atoms with van der Waals surface area (Å²) in [6, 6.07) is 10.8. The van der Waals surface area contributed by atoms with Crippen LogP contribution in [0.2, 0.25) is 0 Å². The van der Waals surface area contributed by atoms with Crippen LogP contribution in [0.3, 0.4) is 0 Å². The molecule has 2 heterocycles. The normalized spacial score (nSPS) is 30.5. The minimum atomic E-state index is 0.0772. The van der Waals surface area contributed by atoms with E-state index in [1.807, 2.05) is 0 Å². The van der Waals surface area contributed by atoms with Crippen molar-refractivity contribution in [2.24, 2.45) is 17.4 Å². The molecule has 0 aliphatic carbocycles. The molecule has 1 aromatic carbocycles.